The molecule has 1 aliphatic heterocycles. The van der Waals surface area contributed by atoms with Crippen LogP contribution in [0.4, 0.5) is 0 Å². The van der Waals surface area contributed by atoms with Crippen molar-refractivity contribution in [1.29, 1.82) is 0 Å². The minimum Gasteiger partial charge on any atom is -0.494 e. The maximum atomic E-state index is 5.73. The van der Waals surface area contributed by atoms with E-state index in [1.165, 1.54) is 16.8 Å². The van der Waals surface area contributed by atoms with Crippen molar-refractivity contribution in [2.24, 2.45) is 0 Å². The normalized spacial score (nSPS) is 14.8. The van der Waals surface area contributed by atoms with Gasteiger partial charge < -0.3 is 4.74 Å². The Kier molecular flexibility index (Phi) is 4.78. The highest BCUT2D eigenvalue weighted by Gasteiger charge is 2.21. The Labute approximate surface area is 132 Å². The number of nitrogens with zero attached hydrogens (tertiary/aromatic N) is 2. The molecule has 2 aromatic rings. The number of benzene rings is 1. The van der Waals surface area contributed by atoms with Gasteiger partial charge in [-0.2, -0.15) is 5.10 Å². The molecule has 4 heteroatoms. The van der Waals surface area contributed by atoms with E-state index in [2.05, 4.69) is 41.1 Å². The van der Waals surface area contributed by atoms with Gasteiger partial charge in [0.05, 0.1) is 12.3 Å². The number of aromatic amines is 1. The van der Waals surface area contributed by atoms with Crippen molar-refractivity contribution in [2.75, 3.05) is 19.7 Å². The zero-order valence-corrected chi connectivity index (χ0v) is 13.6. The number of rotatable bonds is 6. The van der Waals surface area contributed by atoms with Gasteiger partial charge in [-0.15, -0.1) is 0 Å². The van der Waals surface area contributed by atoms with E-state index < -0.39 is 0 Å². The summed E-state index contributed by atoms with van der Waals surface area (Å²) in [5, 5.41) is 7.77. The van der Waals surface area contributed by atoms with Crippen LogP contribution in [0.15, 0.2) is 24.3 Å². The Hall–Kier alpha value is -1.81. The summed E-state index contributed by atoms with van der Waals surface area (Å²) >= 11 is 0. The van der Waals surface area contributed by atoms with Gasteiger partial charge >= 0.3 is 0 Å². The molecule has 0 unspecified atom stereocenters. The summed E-state index contributed by atoms with van der Waals surface area (Å²) in [6, 6.07) is 8.32. The molecule has 1 aromatic carbocycles. The van der Waals surface area contributed by atoms with Gasteiger partial charge in [0.15, 0.2) is 0 Å². The van der Waals surface area contributed by atoms with E-state index >= 15 is 0 Å². The van der Waals surface area contributed by atoms with Crippen LogP contribution in [0.5, 0.6) is 5.75 Å². The highest BCUT2D eigenvalue weighted by molar-refractivity contribution is 5.65. The first kappa shape index (κ1) is 15.1. The van der Waals surface area contributed by atoms with E-state index in [9.17, 15) is 0 Å². The highest BCUT2D eigenvalue weighted by atomic mass is 16.5. The molecular weight excluding hydrogens is 274 g/mol. The van der Waals surface area contributed by atoms with Gasteiger partial charge in [0.1, 0.15) is 5.75 Å². The summed E-state index contributed by atoms with van der Waals surface area (Å²) in [6.45, 7) is 8.38. The molecular formula is C18H25N3O. The van der Waals surface area contributed by atoms with Crippen LogP contribution in [0.25, 0.3) is 11.3 Å². The number of likely N-dealkylation sites (N-methyl/N-ethyl adjacent to an activating group) is 1. The first-order valence-corrected chi connectivity index (χ1v) is 8.33. The number of hydrogen-bond donors (Lipinski definition) is 1. The molecule has 0 saturated heterocycles. The maximum absolute atomic E-state index is 5.73. The number of hydrogen-bond acceptors (Lipinski definition) is 3. The summed E-state index contributed by atoms with van der Waals surface area (Å²) < 4.78 is 5.73. The molecule has 22 heavy (non-hydrogen) atoms. The molecule has 0 aliphatic carbocycles. The maximum Gasteiger partial charge on any atom is 0.119 e. The number of fused-ring (bicyclic) bond motifs is 1. The fourth-order valence-electron chi connectivity index (χ4n) is 2.90. The molecule has 0 radical (unpaired) electrons. The fourth-order valence-corrected chi connectivity index (χ4v) is 2.90. The minimum absolute atomic E-state index is 0.791. The fraction of sp³-hybridized carbons (Fsp3) is 0.500. The predicted octanol–water partition coefficient (Wildman–Crippen LogP) is 3.63. The van der Waals surface area contributed by atoms with Gasteiger partial charge in [-0.25, -0.2) is 0 Å². The van der Waals surface area contributed by atoms with Crippen molar-refractivity contribution in [3.63, 3.8) is 0 Å². The van der Waals surface area contributed by atoms with E-state index in [-0.39, 0.29) is 0 Å². The van der Waals surface area contributed by atoms with Crippen LogP contribution in [0, 0.1) is 0 Å². The van der Waals surface area contributed by atoms with E-state index in [1.54, 1.807) is 0 Å². The van der Waals surface area contributed by atoms with Gasteiger partial charge in [0, 0.05) is 36.3 Å². The molecule has 0 fully saturated rings. The number of nitrogens with one attached hydrogen (secondary N) is 1. The zero-order chi connectivity index (χ0) is 15.4. The largest absolute Gasteiger partial charge is 0.494 e. The van der Waals surface area contributed by atoms with Crippen LogP contribution >= 0.6 is 0 Å². The topological polar surface area (TPSA) is 41.1 Å². The molecule has 2 heterocycles. The van der Waals surface area contributed by atoms with Gasteiger partial charge in [0.2, 0.25) is 0 Å². The summed E-state index contributed by atoms with van der Waals surface area (Å²) in [7, 11) is 0. The lowest BCUT2D eigenvalue weighted by molar-refractivity contribution is 0.267. The van der Waals surface area contributed by atoms with E-state index in [4.69, 9.17) is 4.74 Å². The average Bonchev–Trinajstić information content (AvgIpc) is 2.98. The van der Waals surface area contributed by atoms with Crippen molar-refractivity contribution in [1.82, 2.24) is 15.1 Å². The standard InChI is InChI=1S/C18H25N3O/c1-3-5-12-22-15-8-6-14(7-9-15)18-16-13-21(4-2)11-10-17(16)19-20-18/h6-9H,3-5,10-13H2,1-2H3,(H,19,20). The molecule has 0 spiro atoms. The van der Waals surface area contributed by atoms with Gasteiger partial charge in [-0.1, -0.05) is 20.3 Å². The predicted molar refractivity (Wildman–Crippen MR) is 89.1 cm³/mol. The van der Waals surface area contributed by atoms with Gasteiger partial charge in [-0.05, 0) is 37.2 Å². The lowest BCUT2D eigenvalue weighted by Crippen LogP contribution is -2.30. The van der Waals surface area contributed by atoms with Crippen LogP contribution < -0.4 is 4.74 Å². The average molecular weight is 299 g/mol. The van der Waals surface area contributed by atoms with Crippen molar-refractivity contribution in [3.05, 3.63) is 35.5 Å². The van der Waals surface area contributed by atoms with E-state index in [1.807, 2.05) is 12.1 Å². The number of ether oxygens (including phenoxy) is 1. The first-order chi connectivity index (χ1) is 10.8. The zero-order valence-electron chi connectivity index (χ0n) is 13.6. The highest BCUT2D eigenvalue weighted by Crippen LogP contribution is 2.29. The molecule has 0 amide bonds. The Morgan fingerprint density at radius 1 is 1.23 bits per heavy atom. The third-order valence-electron chi connectivity index (χ3n) is 4.35. The van der Waals surface area contributed by atoms with Crippen LogP contribution in [-0.4, -0.2) is 34.8 Å². The summed E-state index contributed by atoms with van der Waals surface area (Å²) in [4.78, 5) is 2.46. The quantitative estimate of drug-likeness (QED) is 0.828. The summed E-state index contributed by atoms with van der Waals surface area (Å²) in [6.07, 6.45) is 3.32. The Bertz CT molecular complexity index is 603. The minimum atomic E-state index is 0.791. The van der Waals surface area contributed by atoms with E-state index in [0.717, 1.165) is 56.9 Å². The van der Waals surface area contributed by atoms with Crippen molar-refractivity contribution in [3.8, 4) is 17.0 Å². The van der Waals surface area contributed by atoms with Crippen LogP contribution in [0.1, 0.15) is 37.9 Å². The van der Waals surface area contributed by atoms with Crippen molar-refractivity contribution in [2.45, 2.75) is 39.7 Å². The molecule has 1 aromatic heterocycles. The number of aromatic nitrogens is 2. The summed E-state index contributed by atoms with van der Waals surface area (Å²) in [5.41, 5.74) is 4.90. The van der Waals surface area contributed by atoms with Crippen LogP contribution in [-0.2, 0) is 13.0 Å². The molecule has 0 bridgehead atoms. The second-order valence-electron chi connectivity index (χ2n) is 5.87. The lowest BCUT2D eigenvalue weighted by atomic mass is 10.0. The van der Waals surface area contributed by atoms with Crippen molar-refractivity contribution < 1.29 is 4.74 Å². The van der Waals surface area contributed by atoms with Gasteiger partial charge in [-0.3, -0.25) is 10.00 Å². The number of H-pyrrole nitrogens is 1. The third kappa shape index (κ3) is 3.17. The SMILES string of the molecule is CCCCOc1ccc(-c2n[nH]c3c2CN(CC)CC3)cc1. The smallest absolute Gasteiger partial charge is 0.119 e. The number of unbranched alkanes of at least 4 members (excludes halogenated alkanes) is 1. The second kappa shape index (κ2) is 6.97. The van der Waals surface area contributed by atoms with E-state index in [0.29, 0.717) is 0 Å². The van der Waals surface area contributed by atoms with Crippen LogP contribution in [0.3, 0.4) is 0 Å². The molecule has 1 aliphatic rings. The molecule has 118 valence electrons. The Balaban J connectivity index is 1.76. The van der Waals surface area contributed by atoms with Gasteiger partial charge in [0.25, 0.3) is 0 Å². The second-order valence-corrected chi connectivity index (χ2v) is 5.87. The third-order valence-corrected chi connectivity index (χ3v) is 4.35. The lowest BCUT2D eigenvalue weighted by Gasteiger charge is -2.25. The monoisotopic (exact) mass is 299 g/mol. The molecule has 3 rings (SSSR count). The van der Waals surface area contributed by atoms with Crippen molar-refractivity contribution >= 4 is 0 Å². The molecule has 4 nitrogen and oxygen atoms in total. The van der Waals surface area contributed by atoms with Crippen LogP contribution in [0.2, 0.25) is 0 Å². The molecule has 1 N–H and O–H groups in total. The molecule has 0 saturated carbocycles. The Morgan fingerprint density at radius 2 is 2.05 bits per heavy atom. The Morgan fingerprint density at radius 3 is 2.77 bits per heavy atom. The molecule has 0 atom stereocenters. The first-order valence-electron chi connectivity index (χ1n) is 8.33. The summed E-state index contributed by atoms with van der Waals surface area (Å²) in [5.74, 6) is 0.941.